The molecule has 0 bridgehead atoms. The fourth-order valence-electron chi connectivity index (χ4n) is 2.05. The van der Waals surface area contributed by atoms with Gasteiger partial charge in [-0.05, 0) is 48.5 Å². The van der Waals surface area contributed by atoms with Crippen molar-refractivity contribution in [2.45, 2.75) is 31.8 Å². The van der Waals surface area contributed by atoms with E-state index in [1.54, 1.807) is 0 Å². The Morgan fingerprint density at radius 3 is 1.35 bits per heavy atom. The third kappa shape index (κ3) is 5.19. The molecule has 0 saturated carbocycles. The maximum absolute atomic E-state index is 5.24. The zero-order valence-electron chi connectivity index (χ0n) is 12.6. The van der Waals surface area contributed by atoms with Gasteiger partial charge in [-0.3, -0.25) is 0 Å². The molecule has 5 heteroatoms. The van der Waals surface area contributed by atoms with Crippen molar-refractivity contribution in [3.63, 3.8) is 0 Å². The van der Waals surface area contributed by atoms with Crippen molar-refractivity contribution in [2.24, 2.45) is 0 Å². The zero-order valence-corrected chi connectivity index (χ0v) is 15.1. The van der Waals surface area contributed by atoms with Crippen LogP contribution in [0.5, 0.6) is 0 Å². The summed E-state index contributed by atoms with van der Waals surface area (Å²) in [5.74, 6) is 2.13. The molecular weight excluding hydrogens is 344 g/mol. The smallest absolute Gasteiger partial charge is 0.0903 e. The normalized spacial score (nSPS) is 22.1. The number of hydrogen-bond acceptors (Lipinski definition) is 5. The monoisotopic (exact) mass is 362 g/mol. The molecule has 0 aromatic heterocycles. The second-order valence-electron chi connectivity index (χ2n) is 5.58. The Hall–Kier alpha value is -0.590. The molecule has 2 heterocycles. The van der Waals surface area contributed by atoms with Crippen molar-refractivity contribution in [1.29, 1.82) is 0 Å². The maximum Gasteiger partial charge on any atom is 0.0903 e. The molecule has 2 aliphatic rings. The number of benzene rings is 2. The average molecular weight is 363 g/mol. The van der Waals surface area contributed by atoms with E-state index >= 15 is 0 Å². The van der Waals surface area contributed by atoms with Crippen LogP contribution < -0.4 is 0 Å². The van der Waals surface area contributed by atoms with Crippen LogP contribution in [0, 0.1) is 0 Å². The molecule has 0 aliphatic carbocycles. The summed E-state index contributed by atoms with van der Waals surface area (Å²) in [5.41, 5.74) is 0. The van der Waals surface area contributed by atoms with Gasteiger partial charge in [0, 0.05) is 31.1 Å². The Labute approximate surface area is 149 Å². The van der Waals surface area contributed by atoms with Crippen molar-refractivity contribution in [2.75, 3.05) is 24.7 Å². The van der Waals surface area contributed by atoms with Crippen LogP contribution >= 0.6 is 35.3 Å². The fourth-order valence-corrected chi connectivity index (χ4v) is 4.67. The van der Waals surface area contributed by atoms with Gasteiger partial charge in [0.05, 0.1) is 25.4 Å². The third-order valence-electron chi connectivity index (χ3n) is 3.56. The van der Waals surface area contributed by atoms with E-state index < -0.39 is 0 Å². The molecule has 2 aromatic rings. The fraction of sp³-hybridized carbons (Fsp3) is 0.333. The SMILES string of the molecule is c1cc(Sc2ccc(SC[C@@H]3CO3)cc2)ccc1SCC1CO1. The van der Waals surface area contributed by atoms with Gasteiger partial charge in [0.1, 0.15) is 0 Å². The predicted octanol–water partition coefficient (Wildman–Crippen LogP) is 4.82. The minimum absolute atomic E-state index is 0.483. The third-order valence-corrected chi connectivity index (χ3v) is 6.86. The number of rotatable bonds is 8. The molecule has 120 valence electrons. The van der Waals surface area contributed by atoms with Crippen molar-refractivity contribution >= 4 is 35.3 Å². The topological polar surface area (TPSA) is 25.1 Å². The van der Waals surface area contributed by atoms with Gasteiger partial charge in [0.15, 0.2) is 0 Å². The van der Waals surface area contributed by atoms with Gasteiger partial charge in [-0.25, -0.2) is 0 Å². The summed E-state index contributed by atoms with van der Waals surface area (Å²) in [6, 6.07) is 17.6. The highest BCUT2D eigenvalue weighted by Crippen LogP contribution is 2.32. The summed E-state index contributed by atoms with van der Waals surface area (Å²) < 4.78 is 10.5. The molecule has 0 spiro atoms. The Bertz CT molecular complexity index is 577. The second-order valence-corrected chi connectivity index (χ2v) is 8.91. The van der Waals surface area contributed by atoms with Gasteiger partial charge < -0.3 is 9.47 Å². The van der Waals surface area contributed by atoms with Crippen LogP contribution in [-0.2, 0) is 9.47 Å². The van der Waals surface area contributed by atoms with Crippen LogP contribution in [0.15, 0.2) is 68.1 Å². The van der Waals surface area contributed by atoms with E-state index in [1.165, 1.54) is 19.6 Å². The Morgan fingerprint density at radius 1 is 0.652 bits per heavy atom. The summed E-state index contributed by atoms with van der Waals surface area (Å²) >= 11 is 5.56. The first-order valence-corrected chi connectivity index (χ1v) is 10.5. The number of epoxide rings is 2. The maximum atomic E-state index is 5.24. The molecule has 1 unspecified atom stereocenters. The number of ether oxygens (including phenoxy) is 2. The van der Waals surface area contributed by atoms with Gasteiger partial charge in [0.25, 0.3) is 0 Å². The first-order chi connectivity index (χ1) is 11.3. The van der Waals surface area contributed by atoms with E-state index in [-0.39, 0.29) is 0 Å². The highest BCUT2D eigenvalue weighted by molar-refractivity contribution is 8.00. The minimum Gasteiger partial charge on any atom is -0.372 e. The lowest BCUT2D eigenvalue weighted by molar-refractivity contribution is 0.426. The lowest BCUT2D eigenvalue weighted by atomic mass is 10.4. The first kappa shape index (κ1) is 15.9. The minimum atomic E-state index is 0.483. The molecule has 2 saturated heterocycles. The molecule has 4 rings (SSSR count). The van der Waals surface area contributed by atoms with Crippen LogP contribution in [-0.4, -0.2) is 36.9 Å². The lowest BCUT2D eigenvalue weighted by Crippen LogP contribution is -1.88. The van der Waals surface area contributed by atoms with Crippen molar-refractivity contribution in [3.05, 3.63) is 48.5 Å². The molecule has 2 nitrogen and oxygen atoms in total. The van der Waals surface area contributed by atoms with Gasteiger partial charge in [-0.2, -0.15) is 0 Å². The lowest BCUT2D eigenvalue weighted by Gasteiger charge is -2.05. The molecule has 2 fully saturated rings. The number of hydrogen-bond donors (Lipinski definition) is 0. The summed E-state index contributed by atoms with van der Waals surface area (Å²) in [6.07, 6.45) is 0.967. The first-order valence-electron chi connectivity index (χ1n) is 7.72. The molecule has 0 radical (unpaired) electrons. The molecule has 2 aromatic carbocycles. The van der Waals surface area contributed by atoms with E-state index in [2.05, 4.69) is 48.5 Å². The van der Waals surface area contributed by atoms with Gasteiger partial charge in [0.2, 0.25) is 0 Å². The summed E-state index contributed by atoms with van der Waals surface area (Å²) in [4.78, 5) is 5.20. The molecular formula is C18H18O2S3. The van der Waals surface area contributed by atoms with E-state index in [4.69, 9.17) is 9.47 Å². The van der Waals surface area contributed by atoms with E-state index in [9.17, 15) is 0 Å². The summed E-state index contributed by atoms with van der Waals surface area (Å²) in [7, 11) is 0. The highest BCUT2D eigenvalue weighted by atomic mass is 32.2. The standard InChI is InChI=1S/C18H18O2S3/c1-5-17(6-2-15(1)21-11-13-9-19-13)23-18-7-3-16(4-8-18)22-12-14-10-20-14/h1-8,13-14H,9-12H2/t13-,14?/m0/s1. The van der Waals surface area contributed by atoms with Crippen LogP contribution in [0.4, 0.5) is 0 Å². The van der Waals surface area contributed by atoms with Crippen LogP contribution in [0.25, 0.3) is 0 Å². The molecule has 2 aliphatic heterocycles. The predicted molar refractivity (Wildman–Crippen MR) is 97.9 cm³/mol. The average Bonchev–Trinajstić information content (AvgIpc) is 3.48. The largest absolute Gasteiger partial charge is 0.372 e. The molecule has 0 amide bonds. The van der Waals surface area contributed by atoms with E-state index in [0.717, 1.165) is 24.7 Å². The zero-order chi connectivity index (χ0) is 15.5. The molecule has 2 atom stereocenters. The highest BCUT2D eigenvalue weighted by Gasteiger charge is 2.22. The molecule has 23 heavy (non-hydrogen) atoms. The van der Waals surface area contributed by atoms with E-state index in [0.29, 0.717) is 12.2 Å². The number of thioether (sulfide) groups is 2. The van der Waals surface area contributed by atoms with E-state index in [1.807, 2.05) is 35.3 Å². The Morgan fingerprint density at radius 2 is 1.00 bits per heavy atom. The van der Waals surface area contributed by atoms with Crippen molar-refractivity contribution in [1.82, 2.24) is 0 Å². The van der Waals surface area contributed by atoms with Crippen LogP contribution in [0.1, 0.15) is 0 Å². The summed E-state index contributed by atoms with van der Waals surface area (Å²) in [5, 5.41) is 0. The summed E-state index contributed by atoms with van der Waals surface area (Å²) in [6.45, 7) is 1.87. The van der Waals surface area contributed by atoms with Crippen LogP contribution in [0.2, 0.25) is 0 Å². The van der Waals surface area contributed by atoms with Gasteiger partial charge >= 0.3 is 0 Å². The van der Waals surface area contributed by atoms with Gasteiger partial charge in [-0.1, -0.05) is 11.8 Å². The Kier molecular flexibility index (Phi) is 5.21. The van der Waals surface area contributed by atoms with Crippen LogP contribution in [0.3, 0.4) is 0 Å². The van der Waals surface area contributed by atoms with Crippen molar-refractivity contribution in [3.8, 4) is 0 Å². The quantitative estimate of drug-likeness (QED) is 0.495. The molecule has 0 N–H and O–H groups in total. The second kappa shape index (κ2) is 7.53. The Balaban J connectivity index is 1.29. The van der Waals surface area contributed by atoms with Crippen molar-refractivity contribution < 1.29 is 9.47 Å². The van der Waals surface area contributed by atoms with Gasteiger partial charge in [-0.15, -0.1) is 23.5 Å².